The Kier molecular flexibility index (Phi) is 8.68. The second kappa shape index (κ2) is 9.48. The first-order valence-electron chi connectivity index (χ1n) is 8.20. The van der Waals surface area contributed by atoms with E-state index in [4.69, 9.17) is 20.9 Å². The molecule has 0 saturated heterocycles. The van der Waals surface area contributed by atoms with E-state index in [2.05, 4.69) is 10.6 Å². The number of carbonyl (C=O) groups excluding carboxylic acids is 4. The van der Waals surface area contributed by atoms with Gasteiger partial charge in [0.1, 0.15) is 12.2 Å². The molecule has 0 aromatic heterocycles. The van der Waals surface area contributed by atoms with Gasteiger partial charge in [-0.25, -0.2) is 9.59 Å². The number of hydrogen-bond acceptors (Lipinski definition) is 8. The smallest absolute Gasteiger partial charge is 0.417 e. The van der Waals surface area contributed by atoms with Gasteiger partial charge in [0, 0.05) is 0 Å². The lowest BCUT2D eigenvalue weighted by atomic mass is 10.1. The highest BCUT2D eigenvalue weighted by atomic mass is 16.6. The van der Waals surface area contributed by atoms with Crippen molar-refractivity contribution in [2.24, 2.45) is 11.5 Å². The zero-order valence-electron chi connectivity index (χ0n) is 16.2. The molecule has 0 aliphatic carbocycles. The van der Waals surface area contributed by atoms with Crippen LogP contribution in [0.15, 0.2) is 0 Å². The van der Waals surface area contributed by atoms with Crippen LogP contribution in [0.25, 0.3) is 0 Å². The summed E-state index contributed by atoms with van der Waals surface area (Å²) in [6, 6.07) is 0. The summed E-state index contributed by atoms with van der Waals surface area (Å²) < 4.78 is 9.76. The predicted octanol–water partition coefficient (Wildman–Crippen LogP) is -1.44. The van der Waals surface area contributed by atoms with Gasteiger partial charge in [-0.05, 0) is 41.5 Å². The molecule has 150 valence electrons. The van der Waals surface area contributed by atoms with Gasteiger partial charge in [0.2, 0.25) is 11.8 Å². The summed E-state index contributed by atoms with van der Waals surface area (Å²) in [5.74, 6) is -3.24. The van der Waals surface area contributed by atoms with Crippen molar-refractivity contribution in [3.05, 3.63) is 0 Å². The first-order valence-corrected chi connectivity index (χ1v) is 8.20. The standard InChI is InChI=1S/C16H30N4O6/c1-9(7-19-13(23)15(3,4)17)25-11(21)12(22)26-10(2)8-20-14(24)16(5,6)18/h9-10H,7-8,17-18H2,1-6H3,(H,19,23)(H,20,24). The molecule has 0 aromatic carbocycles. The van der Waals surface area contributed by atoms with E-state index < -0.39 is 47.0 Å². The highest BCUT2D eigenvalue weighted by Gasteiger charge is 2.26. The zero-order chi connectivity index (χ0) is 20.7. The Morgan fingerprint density at radius 3 is 1.27 bits per heavy atom. The number of carbonyl (C=O) groups is 4. The minimum absolute atomic E-state index is 0.00429. The molecular weight excluding hydrogens is 344 g/mol. The minimum atomic E-state index is -1.20. The number of ether oxygens (including phenoxy) is 2. The molecule has 0 aliphatic heterocycles. The van der Waals surface area contributed by atoms with E-state index in [-0.39, 0.29) is 13.1 Å². The fraction of sp³-hybridized carbons (Fsp3) is 0.750. The molecule has 0 aliphatic rings. The van der Waals surface area contributed by atoms with E-state index in [0.717, 1.165) is 0 Å². The van der Waals surface area contributed by atoms with Crippen LogP contribution >= 0.6 is 0 Å². The molecule has 0 rings (SSSR count). The molecule has 0 saturated carbocycles. The van der Waals surface area contributed by atoms with Gasteiger partial charge < -0.3 is 31.6 Å². The van der Waals surface area contributed by atoms with Crippen molar-refractivity contribution in [1.82, 2.24) is 10.6 Å². The van der Waals surface area contributed by atoms with Crippen LogP contribution in [0.3, 0.4) is 0 Å². The summed E-state index contributed by atoms with van der Waals surface area (Å²) in [7, 11) is 0. The summed E-state index contributed by atoms with van der Waals surface area (Å²) in [6.07, 6.45) is -1.51. The Balaban J connectivity index is 4.28. The number of nitrogens with two attached hydrogens (primary N) is 2. The number of hydrogen-bond donors (Lipinski definition) is 4. The number of nitrogens with one attached hydrogen (secondary N) is 2. The lowest BCUT2D eigenvalue weighted by Crippen LogP contribution is -2.51. The van der Waals surface area contributed by atoms with E-state index in [0.29, 0.717) is 0 Å². The summed E-state index contributed by atoms with van der Waals surface area (Å²) in [6.45, 7) is 9.12. The van der Waals surface area contributed by atoms with Crippen molar-refractivity contribution in [3.8, 4) is 0 Å². The van der Waals surface area contributed by atoms with Crippen molar-refractivity contribution < 1.29 is 28.7 Å². The molecule has 10 heteroatoms. The molecule has 2 atom stereocenters. The quantitative estimate of drug-likeness (QED) is 0.296. The van der Waals surface area contributed by atoms with E-state index in [1.54, 1.807) is 0 Å². The monoisotopic (exact) mass is 374 g/mol. The van der Waals surface area contributed by atoms with Crippen LogP contribution in [0.5, 0.6) is 0 Å². The van der Waals surface area contributed by atoms with Crippen LogP contribution in [-0.2, 0) is 28.7 Å². The molecular formula is C16H30N4O6. The Bertz CT molecular complexity index is 488. The first kappa shape index (κ1) is 23.8. The van der Waals surface area contributed by atoms with Crippen LogP contribution in [0, 0.1) is 0 Å². The molecule has 2 amide bonds. The fourth-order valence-electron chi connectivity index (χ4n) is 1.47. The van der Waals surface area contributed by atoms with Gasteiger partial charge in [0.25, 0.3) is 0 Å². The van der Waals surface area contributed by atoms with Crippen LogP contribution in [0.2, 0.25) is 0 Å². The van der Waals surface area contributed by atoms with Crippen LogP contribution in [0.4, 0.5) is 0 Å². The van der Waals surface area contributed by atoms with Crippen LogP contribution in [0.1, 0.15) is 41.5 Å². The number of esters is 2. The molecule has 0 spiro atoms. The maximum absolute atomic E-state index is 11.7. The molecule has 0 radical (unpaired) electrons. The van der Waals surface area contributed by atoms with Gasteiger partial charge in [-0.3, -0.25) is 9.59 Å². The van der Waals surface area contributed by atoms with Crippen molar-refractivity contribution in [2.45, 2.75) is 64.8 Å². The van der Waals surface area contributed by atoms with Crippen LogP contribution < -0.4 is 22.1 Å². The Morgan fingerprint density at radius 2 is 1.04 bits per heavy atom. The van der Waals surface area contributed by atoms with Gasteiger partial charge in [-0.2, -0.15) is 0 Å². The van der Waals surface area contributed by atoms with Crippen LogP contribution in [-0.4, -0.2) is 60.1 Å². The SMILES string of the molecule is CC(CNC(=O)C(C)(C)N)OC(=O)C(=O)OC(C)CNC(=O)C(C)(C)N. The van der Waals surface area contributed by atoms with Gasteiger partial charge >= 0.3 is 11.9 Å². The number of rotatable bonds is 8. The molecule has 10 nitrogen and oxygen atoms in total. The molecule has 0 fully saturated rings. The molecule has 2 unspecified atom stereocenters. The molecule has 6 N–H and O–H groups in total. The second-order valence-corrected chi connectivity index (χ2v) is 7.30. The Hall–Kier alpha value is -2.20. The first-order chi connectivity index (χ1) is 11.6. The fourth-order valence-corrected chi connectivity index (χ4v) is 1.47. The highest BCUT2D eigenvalue weighted by molar-refractivity contribution is 6.29. The van der Waals surface area contributed by atoms with E-state index in [9.17, 15) is 19.2 Å². The maximum Gasteiger partial charge on any atom is 0.417 e. The second-order valence-electron chi connectivity index (χ2n) is 7.30. The Labute approximate surface area is 153 Å². The van der Waals surface area contributed by atoms with E-state index >= 15 is 0 Å². The summed E-state index contributed by atoms with van der Waals surface area (Å²) >= 11 is 0. The molecule has 0 heterocycles. The topological polar surface area (TPSA) is 163 Å². The predicted molar refractivity (Wildman–Crippen MR) is 93.7 cm³/mol. The average Bonchev–Trinajstić information content (AvgIpc) is 2.47. The summed E-state index contributed by atoms with van der Waals surface area (Å²) in [4.78, 5) is 46.6. The molecule has 0 bridgehead atoms. The lowest BCUT2D eigenvalue weighted by molar-refractivity contribution is -0.173. The largest absolute Gasteiger partial charge is 0.452 e. The highest BCUT2D eigenvalue weighted by Crippen LogP contribution is 2.00. The van der Waals surface area contributed by atoms with Gasteiger partial charge in [0.15, 0.2) is 0 Å². The third-order valence-electron chi connectivity index (χ3n) is 3.05. The third-order valence-corrected chi connectivity index (χ3v) is 3.05. The normalized spacial score (nSPS) is 14.0. The van der Waals surface area contributed by atoms with E-state index in [1.807, 2.05) is 0 Å². The molecule has 0 aromatic rings. The lowest BCUT2D eigenvalue weighted by Gasteiger charge is -2.21. The zero-order valence-corrected chi connectivity index (χ0v) is 16.2. The van der Waals surface area contributed by atoms with Crippen molar-refractivity contribution in [1.29, 1.82) is 0 Å². The third kappa shape index (κ3) is 9.33. The maximum atomic E-state index is 11.7. The molecule has 26 heavy (non-hydrogen) atoms. The van der Waals surface area contributed by atoms with Gasteiger partial charge in [0.05, 0.1) is 24.2 Å². The number of amides is 2. The van der Waals surface area contributed by atoms with E-state index in [1.165, 1.54) is 41.5 Å². The Morgan fingerprint density at radius 1 is 0.769 bits per heavy atom. The van der Waals surface area contributed by atoms with Crippen molar-refractivity contribution >= 4 is 23.8 Å². The van der Waals surface area contributed by atoms with Crippen molar-refractivity contribution in [3.63, 3.8) is 0 Å². The average molecular weight is 374 g/mol. The van der Waals surface area contributed by atoms with Gasteiger partial charge in [-0.1, -0.05) is 0 Å². The van der Waals surface area contributed by atoms with Crippen molar-refractivity contribution in [2.75, 3.05) is 13.1 Å². The summed E-state index contributed by atoms with van der Waals surface area (Å²) in [5.41, 5.74) is 9.09. The minimum Gasteiger partial charge on any atom is -0.452 e. The van der Waals surface area contributed by atoms with Gasteiger partial charge in [-0.15, -0.1) is 0 Å². The summed E-state index contributed by atoms with van der Waals surface area (Å²) in [5, 5.41) is 5.00.